The molecular weight excluding hydrogens is 263 g/mol. The van der Waals surface area contributed by atoms with Crippen LogP contribution in [0.3, 0.4) is 0 Å². The summed E-state index contributed by atoms with van der Waals surface area (Å²) in [5, 5.41) is 2.47. The molecule has 0 aromatic heterocycles. The summed E-state index contributed by atoms with van der Waals surface area (Å²) in [5.41, 5.74) is -0.634. The molecule has 3 atom stereocenters. The molecule has 5 nitrogen and oxygen atoms in total. The highest BCUT2D eigenvalue weighted by atomic mass is 19.1. The number of fused-ring (bicyclic) bond motifs is 1. The molecule has 2 aliphatic rings. The van der Waals surface area contributed by atoms with E-state index in [1.807, 2.05) is 6.92 Å². The van der Waals surface area contributed by atoms with Crippen molar-refractivity contribution in [1.29, 1.82) is 0 Å². The van der Waals surface area contributed by atoms with Gasteiger partial charge in [0, 0.05) is 6.08 Å². The first-order valence-corrected chi connectivity index (χ1v) is 6.85. The molecule has 0 fully saturated rings. The molecule has 2 heterocycles. The zero-order valence-corrected chi connectivity index (χ0v) is 11.9. The fourth-order valence-corrected chi connectivity index (χ4v) is 2.62. The van der Waals surface area contributed by atoms with E-state index in [0.717, 1.165) is 12.8 Å². The zero-order chi connectivity index (χ0) is 14.9. The Hall–Kier alpha value is -1.72. The van der Waals surface area contributed by atoms with Gasteiger partial charge >= 0.3 is 5.97 Å². The number of unbranched alkanes of at least 4 members (excludes halogenated alkanes) is 1. The lowest BCUT2D eigenvalue weighted by molar-refractivity contribution is -0.162. The van der Waals surface area contributed by atoms with E-state index in [2.05, 4.69) is 10.3 Å². The highest BCUT2D eigenvalue weighted by molar-refractivity contribution is 6.05. The molecule has 2 rings (SSSR count). The molecule has 2 aliphatic heterocycles. The van der Waals surface area contributed by atoms with E-state index in [0.29, 0.717) is 12.0 Å². The van der Waals surface area contributed by atoms with E-state index < -0.39 is 23.8 Å². The molecule has 110 valence electrons. The number of carbonyl (C=O) groups is 2. The molecular formula is C14H19FN2O3. The van der Waals surface area contributed by atoms with Crippen molar-refractivity contribution in [2.45, 2.75) is 51.9 Å². The predicted octanol–water partition coefficient (Wildman–Crippen LogP) is 1.88. The van der Waals surface area contributed by atoms with Crippen molar-refractivity contribution >= 4 is 17.7 Å². The molecule has 1 amide bonds. The quantitative estimate of drug-likeness (QED) is 0.800. The average Bonchev–Trinajstić information content (AvgIpc) is 2.33. The zero-order valence-electron chi connectivity index (χ0n) is 11.9. The van der Waals surface area contributed by atoms with Crippen LogP contribution in [0.1, 0.15) is 40.0 Å². The SMILES string of the molecule is CCCCC1=CC(=O)OC2(C)N=C(C(C)F)NC(=O)C12. The number of hydrogen-bond donors (Lipinski definition) is 1. The Bertz CT molecular complexity index is 499. The lowest BCUT2D eigenvalue weighted by Crippen LogP contribution is -2.57. The van der Waals surface area contributed by atoms with Crippen LogP contribution in [0.15, 0.2) is 16.6 Å². The number of nitrogens with zero attached hydrogens (tertiary/aromatic N) is 1. The van der Waals surface area contributed by atoms with Gasteiger partial charge < -0.3 is 10.1 Å². The first-order chi connectivity index (χ1) is 9.37. The number of ether oxygens (including phenoxy) is 1. The normalized spacial score (nSPS) is 30.7. The first-order valence-electron chi connectivity index (χ1n) is 6.85. The molecule has 0 bridgehead atoms. The number of amides is 1. The van der Waals surface area contributed by atoms with E-state index in [-0.39, 0.29) is 11.7 Å². The van der Waals surface area contributed by atoms with Gasteiger partial charge in [0.15, 0.2) is 6.17 Å². The second kappa shape index (κ2) is 5.34. The second-order valence-electron chi connectivity index (χ2n) is 5.33. The van der Waals surface area contributed by atoms with Gasteiger partial charge in [-0.1, -0.05) is 13.3 Å². The lowest BCUT2D eigenvalue weighted by atomic mass is 9.82. The molecule has 1 N–H and O–H groups in total. The molecule has 3 unspecified atom stereocenters. The minimum Gasteiger partial charge on any atom is -0.433 e. The summed E-state index contributed by atoms with van der Waals surface area (Å²) in [6.45, 7) is 4.86. The van der Waals surface area contributed by atoms with Crippen LogP contribution in [-0.2, 0) is 14.3 Å². The third kappa shape index (κ3) is 2.59. The molecule has 6 heteroatoms. The van der Waals surface area contributed by atoms with Gasteiger partial charge in [-0.05, 0) is 32.3 Å². The standard InChI is InChI=1S/C14H19FN2O3/c1-4-5-6-9-7-10(18)20-14(3)11(9)13(19)16-12(17-14)8(2)15/h7-8,11H,4-6H2,1-3H3,(H,16,17,19). The van der Waals surface area contributed by atoms with Gasteiger partial charge in [-0.3, -0.25) is 4.79 Å². The Morgan fingerprint density at radius 1 is 1.55 bits per heavy atom. The maximum absolute atomic E-state index is 13.4. The van der Waals surface area contributed by atoms with Crippen molar-refractivity contribution in [3.05, 3.63) is 11.6 Å². The number of carbonyl (C=O) groups excluding carboxylic acids is 2. The van der Waals surface area contributed by atoms with Gasteiger partial charge in [0.2, 0.25) is 11.6 Å². The molecule has 0 aromatic rings. The predicted molar refractivity (Wildman–Crippen MR) is 71.7 cm³/mol. The van der Waals surface area contributed by atoms with Crippen LogP contribution in [0, 0.1) is 5.92 Å². The summed E-state index contributed by atoms with van der Waals surface area (Å²) in [6.07, 6.45) is 2.40. The van der Waals surface area contributed by atoms with E-state index in [9.17, 15) is 14.0 Å². The Labute approximate surface area is 117 Å². The minimum atomic E-state index is -1.42. The van der Waals surface area contributed by atoms with Crippen molar-refractivity contribution in [2.24, 2.45) is 10.9 Å². The lowest BCUT2D eigenvalue weighted by Gasteiger charge is -2.40. The van der Waals surface area contributed by atoms with E-state index in [4.69, 9.17) is 4.74 Å². The number of hydrogen-bond acceptors (Lipinski definition) is 4. The molecule has 0 aromatic carbocycles. The topological polar surface area (TPSA) is 67.8 Å². The summed E-state index contributed by atoms with van der Waals surface area (Å²) in [5.74, 6) is -1.65. The van der Waals surface area contributed by atoms with Crippen molar-refractivity contribution in [3.8, 4) is 0 Å². The molecule has 20 heavy (non-hydrogen) atoms. The number of alkyl halides is 1. The molecule has 0 aliphatic carbocycles. The molecule has 0 saturated carbocycles. The number of nitrogens with one attached hydrogen (secondary N) is 1. The largest absolute Gasteiger partial charge is 0.433 e. The van der Waals surface area contributed by atoms with Gasteiger partial charge in [-0.2, -0.15) is 0 Å². The van der Waals surface area contributed by atoms with Gasteiger partial charge in [0.1, 0.15) is 11.8 Å². The number of rotatable bonds is 4. The number of amidine groups is 1. The van der Waals surface area contributed by atoms with E-state index in [1.165, 1.54) is 13.0 Å². The minimum absolute atomic E-state index is 0.0849. The second-order valence-corrected chi connectivity index (χ2v) is 5.33. The van der Waals surface area contributed by atoms with Crippen LogP contribution in [0.2, 0.25) is 0 Å². The van der Waals surface area contributed by atoms with Crippen LogP contribution in [0.4, 0.5) is 4.39 Å². The Kier molecular flexibility index (Phi) is 3.92. The van der Waals surface area contributed by atoms with Crippen LogP contribution >= 0.6 is 0 Å². The summed E-state index contributed by atoms with van der Waals surface area (Å²) in [6, 6.07) is 0. The Morgan fingerprint density at radius 3 is 2.85 bits per heavy atom. The van der Waals surface area contributed by atoms with Crippen LogP contribution in [0.5, 0.6) is 0 Å². The van der Waals surface area contributed by atoms with E-state index in [1.54, 1.807) is 6.92 Å². The third-order valence-electron chi connectivity index (χ3n) is 3.57. The van der Waals surface area contributed by atoms with Crippen LogP contribution < -0.4 is 5.32 Å². The van der Waals surface area contributed by atoms with E-state index >= 15 is 0 Å². The fourth-order valence-electron chi connectivity index (χ4n) is 2.62. The Balaban J connectivity index is 2.39. The molecule has 0 saturated heterocycles. The third-order valence-corrected chi connectivity index (χ3v) is 3.57. The smallest absolute Gasteiger partial charge is 0.332 e. The maximum atomic E-state index is 13.4. The summed E-state index contributed by atoms with van der Waals surface area (Å²) < 4.78 is 18.6. The highest BCUT2D eigenvalue weighted by Gasteiger charge is 2.50. The summed E-state index contributed by atoms with van der Waals surface area (Å²) in [7, 11) is 0. The van der Waals surface area contributed by atoms with Crippen molar-refractivity contribution < 1.29 is 18.7 Å². The van der Waals surface area contributed by atoms with Crippen LogP contribution in [-0.4, -0.2) is 29.6 Å². The van der Waals surface area contributed by atoms with Crippen molar-refractivity contribution in [1.82, 2.24) is 5.32 Å². The van der Waals surface area contributed by atoms with Crippen molar-refractivity contribution in [2.75, 3.05) is 0 Å². The first kappa shape index (κ1) is 14.7. The highest BCUT2D eigenvalue weighted by Crippen LogP contribution is 2.38. The number of aliphatic imine (C=N–C) groups is 1. The maximum Gasteiger partial charge on any atom is 0.332 e. The van der Waals surface area contributed by atoms with Gasteiger partial charge in [-0.15, -0.1) is 0 Å². The monoisotopic (exact) mass is 282 g/mol. The average molecular weight is 282 g/mol. The number of halogens is 1. The van der Waals surface area contributed by atoms with Gasteiger partial charge in [0.05, 0.1) is 0 Å². The van der Waals surface area contributed by atoms with Gasteiger partial charge in [0.25, 0.3) is 0 Å². The van der Waals surface area contributed by atoms with Gasteiger partial charge in [-0.25, -0.2) is 14.2 Å². The van der Waals surface area contributed by atoms with Crippen LogP contribution in [0.25, 0.3) is 0 Å². The summed E-state index contributed by atoms with van der Waals surface area (Å²) >= 11 is 0. The number of esters is 1. The van der Waals surface area contributed by atoms with Crippen molar-refractivity contribution in [3.63, 3.8) is 0 Å². The summed E-state index contributed by atoms with van der Waals surface area (Å²) in [4.78, 5) is 28.0. The Morgan fingerprint density at radius 2 is 2.25 bits per heavy atom. The fraction of sp³-hybridized carbons (Fsp3) is 0.643. The molecule has 0 radical (unpaired) electrons. The molecule has 0 spiro atoms.